The summed E-state index contributed by atoms with van der Waals surface area (Å²) >= 11 is 0. The molecule has 0 saturated carbocycles. The molecule has 0 bridgehead atoms. The number of imidazole rings is 1. The molecule has 0 aliphatic heterocycles. The molecule has 3 aromatic rings. The predicted molar refractivity (Wildman–Crippen MR) is 99.2 cm³/mol. The summed E-state index contributed by atoms with van der Waals surface area (Å²) in [6.07, 6.45) is -0.995. The van der Waals surface area contributed by atoms with Gasteiger partial charge in [0, 0.05) is 6.54 Å². The minimum Gasteiger partial charge on any atom is -0.462 e. The zero-order valence-corrected chi connectivity index (χ0v) is 15.2. The topological polar surface area (TPSA) is 73.5 Å². The van der Waals surface area contributed by atoms with E-state index < -0.39 is 17.9 Å². The predicted octanol–water partition coefficient (Wildman–Crippen LogP) is 2.87. The molecule has 142 valence electrons. The van der Waals surface area contributed by atoms with E-state index in [1.165, 1.54) is 28.8 Å². The van der Waals surface area contributed by atoms with Gasteiger partial charge < -0.3 is 9.84 Å². The lowest BCUT2D eigenvalue weighted by molar-refractivity contribution is 0.0526. The highest BCUT2D eigenvalue weighted by Crippen LogP contribution is 2.21. The Morgan fingerprint density at radius 3 is 2.44 bits per heavy atom. The van der Waals surface area contributed by atoms with E-state index in [0.29, 0.717) is 28.7 Å². The van der Waals surface area contributed by atoms with Crippen molar-refractivity contribution in [2.24, 2.45) is 0 Å². The van der Waals surface area contributed by atoms with Gasteiger partial charge in [0.05, 0.1) is 35.9 Å². The van der Waals surface area contributed by atoms with E-state index in [9.17, 15) is 19.1 Å². The van der Waals surface area contributed by atoms with Crippen LogP contribution in [0, 0.1) is 5.82 Å². The quantitative estimate of drug-likeness (QED) is 0.676. The van der Waals surface area contributed by atoms with Gasteiger partial charge in [-0.25, -0.2) is 14.0 Å². The fourth-order valence-electron chi connectivity index (χ4n) is 3.11. The second-order valence-electron chi connectivity index (χ2n) is 6.13. The molecule has 0 aliphatic rings. The zero-order valence-electron chi connectivity index (χ0n) is 15.2. The van der Waals surface area contributed by atoms with Gasteiger partial charge in [-0.1, -0.05) is 12.1 Å². The molecule has 1 heterocycles. The van der Waals surface area contributed by atoms with Crippen LogP contribution in [0.4, 0.5) is 4.39 Å². The number of hydrogen-bond donors (Lipinski definition) is 1. The molecule has 0 unspecified atom stereocenters. The molecule has 1 N–H and O–H groups in total. The van der Waals surface area contributed by atoms with Gasteiger partial charge in [-0.05, 0) is 49.7 Å². The van der Waals surface area contributed by atoms with Crippen molar-refractivity contribution in [3.63, 3.8) is 0 Å². The summed E-state index contributed by atoms with van der Waals surface area (Å²) in [6, 6.07) is 10.4. The average molecular weight is 372 g/mol. The van der Waals surface area contributed by atoms with Crippen LogP contribution >= 0.6 is 0 Å². The van der Waals surface area contributed by atoms with Gasteiger partial charge in [0.2, 0.25) is 0 Å². The number of aliphatic hydroxyl groups is 1. The van der Waals surface area contributed by atoms with Gasteiger partial charge >= 0.3 is 11.7 Å². The zero-order chi connectivity index (χ0) is 19.6. The maximum Gasteiger partial charge on any atom is 0.338 e. The van der Waals surface area contributed by atoms with Crippen LogP contribution in [0.15, 0.2) is 47.3 Å². The number of benzene rings is 2. The van der Waals surface area contributed by atoms with Gasteiger partial charge in [-0.15, -0.1) is 0 Å². The number of aryl methyl sites for hydroxylation is 1. The molecule has 3 rings (SSSR count). The largest absolute Gasteiger partial charge is 0.462 e. The number of carbonyl (C=O) groups is 1. The molecule has 7 heteroatoms. The fraction of sp³-hybridized carbons (Fsp3) is 0.300. The minimum absolute atomic E-state index is 0.0136. The number of halogens is 1. The van der Waals surface area contributed by atoms with Gasteiger partial charge in [0.15, 0.2) is 0 Å². The van der Waals surface area contributed by atoms with Crippen molar-refractivity contribution in [2.45, 2.75) is 33.0 Å². The molecule has 0 radical (unpaired) electrons. The normalized spacial score (nSPS) is 12.3. The highest BCUT2D eigenvalue weighted by Gasteiger charge is 2.18. The van der Waals surface area contributed by atoms with Crippen molar-refractivity contribution in [1.29, 1.82) is 0 Å². The molecule has 2 aromatic carbocycles. The lowest BCUT2D eigenvalue weighted by atomic mass is 10.1. The molecule has 0 spiro atoms. The third kappa shape index (κ3) is 3.64. The van der Waals surface area contributed by atoms with Crippen molar-refractivity contribution in [1.82, 2.24) is 9.13 Å². The summed E-state index contributed by atoms with van der Waals surface area (Å²) in [5.74, 6) is -0.869. The van der Waals surface area contributed by atoms with Gasteiger partial charge in [-0.3, -0.25) is 9.13 Å². The van der Waals surface area contributed by atoms with Crippen molar-refractivity contribution >= 4 is 17.0 Å². The summed E-state index contributed by atoms with van der Waals surface area (Å²) in [6.45, 7) is 4.26. The third-order valence-corrected chi connectivity index (χ3v) is 4.46. The SMILES string of the molecule is CCOC(=O)c1ccc2c(c1)n(C[C@@H](O)c1ccc(F)cc1)c(=O)n2CC. The number of ether oxygens (including phenoxy) is 1. The van der Waals surface area contributed by atoms with Crippen LogP contribution in [0.1, 0.15) is 35.9 Å². The Bertz CT molecular complexity index is 1020. The second-order valence-corrected chi connectivity index (χ2v) is 6.13. The van der Waals surface area contributed by atoms with E-state index in [-0.39, 0.29) is 18.8 Å². The standard InChI is InChI=1S/C20H21FN2O4/c1-3-22-16-10-7-14(19(25)27-4-2)11-17(16)23(20(22)26)12-18(24)13-5-8-15(21)9-6-13/h5-11,18,24H,3-4,12H2,1-2H3/t18-/m1/s1. The summed E-state index contributed by atoms with van der Waals surface area (Å²) in [4.78, 5) is 24.8. The highest BCUT2D eigenvalue weighted by molar-refractivity contribution is 5.93. The van der Waals surface area contributed by atoms with Gasteiger partial charge in [0.1, 0.15) is 5.82 Å². The maximum absolute atomic E-state index is 13.1. The summed E-state index contributed by atoms with van der Waals surface area (Å²) < 4.78 is 21.1. The Labute approximate surface area is 155 Å². The summed E-state index contributed by atoms with van der Waals surface area (Å²) in [5, 5.41) is 10.5. The number of aromatic nitrogens is 2. The van der Waals surface area contributed by atoms with E-state index in [2.05, 4.69) is 0 Å². The Morgan fingerprint density at radius 1 is 1.11 bits per heavy atom. The second kappa shape index (κ2) is 7.75. The smallest absolute Gasteiger partial charge is 0.338 e. The molecule has 0 fully saturated rings. The lowest BCUT2D eigenvalue weighted by Gasteiger charge is -2.12. The number of hydrogen-bond acceptors (Lipinski definition) is 4. The molecular formula is C20H21FN2O4. The average Bonchev–Trinajstić information content (AvgIpc) is 2.93. The lowest BCUT2D eigenvalue weighted by Crippen LogP contribution is -2.26. The van der Waals surface area contributed by atoms with E-state index >= 15 is 0 Å². The van der Waals surface area contributed by atoms with Gasteiger partial charge in [-0.2, -0.15) is 0 Å². The van der Waals surface area contributed by atoms with Crippen LogP contribution < -0.4 is 5.69 Å². The first-order valence-electron chi connectivity index (χ1n) is 8.80. The number of rotatable bonds is 6. The molecular weight excluding hydrogens is 351 g/mol. The minimum atomic E-state index is -0.995. The Hall–Kier alpha value is -2.93. The molecule has 1 atom stereocenters. The number of nitrogens with zero attached hydrogens (tertiary/aromatic N) is 2. The van der Waals surface area contributed by atoms with E-state index in [1.54, 1.807) is 29.7 Å². The Balaban J connectivity index is 2.05. The van der Waals surface area contributed by atoms with Gasteiger partial charge in [0.25, 0.3) is 0 Å². The Morgan fingerprint density at radius 2 is 1.81 bits per heavy atom. The highest BCUT2D eigenvalue weighted by atomic mass is 19.1. The fourth-order valence-corrected chi connectivity index (χ4v) is 3.11. The number of esters is 1. The van der Waals surface area contributed by atoms with E-state index in [1.807, 2.05) is 6.92 Å². The first-order valence-corrected chi connectivity index (χ1v) is 8.80. The first kappa shape index (κ1) is 18.8. The number of carbonyl (C=O) groups excluding carboxylic acids is 1. The van der Waals surface area contributed by atoms with Crippen molar-refractivity contribution in [3.8, 4) is 0 Å². The molecule has 27 heavy (non-hydrogen) atoms. The molecule has 0 amide bonds. The Kier molecular flexibility index (Phi) is 5.41. The van der Waals surface area contributed by atoms with Crippen molar-refractivity contribution < 1.29 is 19.0 Å². The van der Waals surface area contributed by atoms with Crippen molar-refractivity contribution in [3.05, 3.63) is 69.9 Å². The number of fused-ring (bicyclic) bond motifs is 1. The van der Waals surface area contributed by atoms with Crippen LogP contribution in [0.5, 0.6) is 0 Å². The summed E-state index contributed by atoms with van der Waals surface area (Å²) in [7, 11) is 0. The van der Waals surface area contributed by atoms with Crippen LogP contribution in [-0.2, 0) is 17.8 Å². The third-order valence-electron chi connectivity index (χ3n) is 4.46. The molecule has 0 saturated heterocycles. The first-order chi connectivity index (χ1) is 13.0. The van der Waals surface area contributed by atoms with Crippen LogP contribution in [0.3, 0.4) is 0 Å². The van der Waals surface area contributed by atoms with Crippen LogP contribution in [0.2, 0.25) is 0 Å². The van der Waals surface area contributed by atoms with Crippen LogP contribution in [0.25, 0.3) is 11.0 Å². The maximum atomic E-state index is 13.1. The summed E-state index contributed by atoms with van der Waals surface area (Å²) in [5.41, 5.74) is 1.76. The van der Waals surface area contributed by atoms with E-state index in [0.717, 1.165) is 0 Å². The molecule has 6 nitrogen and oxygen atoms in total. The molecule has 1 aromatic heterocycles. The number of aliphatic hydroxyl groups excluding tert-OH is 1. The van der Waals surface area contributed by atoms with E-state index in [4.69, 9.17) is 4.74 Å². The van der Waals surface area contributed by atoms with Crippen molar-refractivity contribution in [2.75, 3.05) is 6.61 Å². The monoisotopic (exact) mass is 372 g/mol. The molecule has 0 aliphatic carbocycles. The van der Waals surface area contributed by atoms with Crippen LogP contribution in [-0.4, -0.2) is 26.8 Å².